The average Bonchev–Trinajstić information content (AvgIpc) is 2.95. The Morgan fingerprint density at radius 3 is 2.55 bits per heavy atom. The van der Waals surface area contributed by atoms with Gasteiger partial charge >= 0.3 is 0 Å². The zero-order valence-corrected chi connectivity index (χ0v) is 14.4. The Labute approximate surface area is 131 Å². The van der Waals surface area contributed by atoms with Gasteiger partial charge in [0.2, 0.25) is 15.9 Å². The van der Waals surface area contributed by atoms with Crippen LogP contribution in [0.2, 0.25) is 0 Å². The molecule has 0 aromatic carbocycles. The predicted octanol–water partition coefficient (Wildman–Crippen LogP) is 2.24. The predicted molar refractivity (Wildman–Crippen MR) is 82.1 cm³/mol. The van der Waals surface area contributed by atoms with Crippen LogP contribution in [0.25, 0.3) is 0 Å². The van der Waals surface area contributed by atoms with Gasteiger partial charge < -0.3 is 5.73 Å². The summed E-state index contributed by atoms with van der Waals surface area (Å²) in [6.45, 7) is 1.51. The fourth-order valence-corrected chi connectivity index (χ4v) is 6.61. The Morgan fingerprint density at radius 1 is 1.50 bits per heavy atom. The van der Waals surface area contributed by atoms with Gasteiger partial charge in [-0.15, -0.1) is 11.3 Å². The van der Waals surface area contributed by atoms with Gasteiger partial charge in [0.25, 0.3) is 0 Å². The van der Waals surface area contributed by atoms with E-state index in [1.807, 2.05) is 0 Å². The lowest BCUT2D eigenvalue weighted by Crippen LogP contribution is -2.44. The molecule has 1 aliphatic carbocycles. The van der Waals surface area contributed by atoms with E-state index < -0.39 is 15.9 Å². The van der Waals surface area contributed by atoms with Crippen LogP contribution in [0, 0.1) is 6.92 Å². The van der Waals surface area contributed by atoms with Gasteiger partial charge in [0.15, 0.2) is 0 Å². The fourth-order valence-electron chi connectivity index (χ4n) is 2.57. The number of nitrogens with zero attached hydrogens (tertiary/aromatic N) is 1. The van der Waals surface area contributed by atoms with Crippen LogP contribution < -0.4 is 5.73 Å². The number of primary amides is 1. The van der Waals surface area contributed by atoms with E-state index in [0.717, 1.165) is 29.5 Å². The standard InChI is InChI=1S/C12H17BrN2O3S2/c1-8-10(6-11(13)19-8)20(17,18)15(7-12(14)16)9-4-2-3-5-9/h6,9H,2-5,7H2,1H3,(H2,14,16). The van der Waals surface area contributed by atoms with Crippen LogP contribution in [0.5, 0.6) is 0 Å². The van der Waals surface area contributed by atoms with Crippen LogP contribution in [0.3, 0.4) is 0 Å². The summed E-state index contributed by atoms with van der Waals surface area (Å²) < 4.78 is 27.6. The summed E-state index contributed by atoms with van der Waals surface area (Å²) in [6.07, 6.45) is 3.55. The minimum absolute atomic E-state index is 0.120. The van der Waals surface area contributed by atoms with Crippen molar-refractivity contribution in [2.45, 2.75) is 43.5 Å². The van der Waals surface area contributed by atoms with E-state index in [0.29, 0.717) is 4.88 Å². The third-order valence-corrected chi connectivity index (χ3v) is 7.18. The normalized spacial score (nSPS) is 16.9. The number of amides is 1. The van der Waals surface area contributed by atoms with Gasteiger partial charge in [0.1, 0.15) is 0 Å². The van der Waals surface area contributed by atoms with Crippen molar-refractivity contribution < 1.29 is 13.2 Å². The zero-order chi connectivity index (χ0) is 14.9. The molecule has 0 saturated heterocycles. The maximum absolute atomic E-state index is 12.8. The van der Waals surface area contributed by atoms with Crippen molar-refractivity contribution in [3.8, 4) is 0 Å². The number of sulfonamides is 1. The number of rotatable bonds is 5. The van der Waals surface area contributed by atoms with E-state index in [1.54, 1.807) is 13.0 Å². The highest BCUT2D eigenvalue weighted by Crippen LogP contribution is 2.34. The molecular weight excluding hydrogens is 364 g/mol. The molecule has 1 fully saturated rings. The van der Waals surface area contributed by atoms with Gasteiger partial charge in [-0.25, -0.2) is 8.42 Å². The van der Waals surface area contributed by atoms with Gasteiger partial charge in [-0.3, -0.25) is 4.79 Å². The molecule has 2 rings (SSSR count). The second-order valence-electron chi connectivity index (χ2n) is 4.93. The fraction of sp³-hybridized carbons (Fsp3) is 0.583. The molecule has 0 unspecified atom stereocenters. The van der Waals surface area contributed by atoms with Crippen LogP contribution in [-0.2, 0) is 14.8 Å². The van der Waals surface area contributed by atoms with Crippen LogP contribution in [-0.4, -0.2) is 31.2 Å². The van der Waals surface area contributed by atoms with Gasteiger partial charge in [-0.05, 0) is 41.8 Å². The molecule has 0 aliphatic heterocycles. The molecular formula is C12H17BrN2O3S2. The van der Waals surface area contributed by atoms with Crippen LogP contribution >= 0.6 is 27.3 Å². The molecule has 1 amide bonds. The molecule has 2 N–H and O–H groups in total. The smallest absolute Gasteiger partial charge is 0.244 e. The van der Waals surface area contributed by atoms with E-state index >= 15 is 0 Å². The van der Waals surface area contributed by atoms with Gasteiger partial charge in [0.05, 0.1) is 15.2 Å². The molecule has 5 nitrogen and oxygen atoms in total. The summed E-state index contributed by atoms with van der Waals surface area (Å²) in [5.74, 6) is -0.618. The highest BCUT2D eigenvalue weighted by molar-refractivity contribution is 9.11. The van der Waals surface area contributed by atoms with Crippen molar-refractivity contribution >= 4 is 43.2 Å². The number of hydrogen-bond acceptors (Lipinski definition) is 4. The molecule has 20 heavy (non-hydrogen) atoms. The lowest BCUT2D eigenvalue weighted by atomic mass is 10.2. The molecule has 0 radical (unpaired) electrons. The van der Waals surface area contributed by atoms with Gasteiger partial charge in [0, 0.05) is 10.9 Å². The number of thiophene rings is 1. The van der Waals surface area contributed by atoms with E-state index in [2.05, 4.69) is 15.9 Å². The van der Waals surface area contributed by atoms with Crippen LogP contribution in [0.1, 0.15) is 30.6 Å². The lowest BCUT2D eigenvalue weighted by Gasteiger charge is -2.26. The Bertz CT molecular complexity index is 606. The van der Waals surface area contributed by atoms with Crippen molar-refractivity contribution in [2.24, 2.45) is 5.73 Å². The van der Waals surface area contributed by atoms with Gasteiger partial charge in [-0.1, -0.05) is 12.8 Å². The van der Waals surface area contributed by atoms with E-state index in [1.165, 1.54) is 15.6 Å². The van der Waals surface area contributed by atoms with Crippen LogP contribution in [0.15, 0.2) is 14.7 Å². The Hall–Kier alpha value is -0.440. The maximum Gasteiger partial charge on any atom is 0.244 e. The highest BCUT2D eigenvalue weighted by atomic mass is 79.9. The molecule has 112 valence electrons. The second kappa shape index (κ2) is 6.13. The largest absolute Gasteiger partial charge is 0.369 e. The first-order chi connectivity index (χ1) is 9.32. The molecule has 1 heterocycles. The molecule has 0 bridgehead atoms. The zero-order valence-electron chi connectivity index (χ0n) is 11.1. The van der Waals surface area contributed by atoms with Crippen molar-refractivity contribution in [1.29, 1.82) is 0 Å². The molecule has 8 heteroatoms. The Kier molecular flexibility index (Phi) is 4.88. The number of carbonyl (C=O) groups excluding carboxylic acids is 1. The maximum atomic E-state index is 12.8. The van der Waals surface area contributed by atoms with E-state index in [9.17, 15) is 13.2 Å². The Balaban J connectivity index is 2.40. The molecule has 1 aromatic rings. The Morgan fingerprint density at radius 2 is 2.10 bits per heavy atom. The number of hydrogen-bond donors (Lipinski definition) is 1. The minimum atomic E-state index is -3.68. The first-order valence-electron chi connectivity index (χ1n) is 6.38. The topological polar surface area (TPSA) is 80.5 Å². The number of aryl methyl sites for hydroxylation is 1. The van der Waals surface area contributed by atoms with Crippen molar-refractivity contribution in [3.05, 3.63) is 14.7 Å². The number of nitrogens with two attached hydrogens (primary N) is 1. The van der Waals surface area contributed by atoms with Crippen molar-refractivity contribution in [3.63, 3.8) is 0 Å². The summed E-state index contributed by atoms with van der Waals surface area (Å²) in [5.41, 5.74) is 5.23. The molecule has 1 aromatic heterocycles. The van der Waals surface area contributed by atoms with Gasteiger partial charge in [-0.2, -0.15) is 4.31 Å². The molecule has 1 saturated carbocycles. The third kappa shape index (κ3) is 3.24. The number of halogens is 1. The van der Waals surface area contributed by atoms with E-state index in [-0.39, 0.29) is 17.5 Å². The summed E-state index contributed by atoms with van der Waals surface area (Å²) >= 11 is 4.67. The summed E-state index contributed by atoms with van der Waals surface area (Å²) in [7, 11) is -3.68. The van der Waals surface area contributed by atoms with E-state index in [4.69, 9.17) is 5.73 Å². The number of carbonyl (C=O) groups is 1. The third-order valence-electron chi connectivity index (χ3n) is 3.47. The average molecular weight is 381 g/mol. The summed E-state index contributed by atoms with van der Waals surface area (Å²) in [4.78, 5) is 12.2. The van der Waals surface area contributed by atoms with Crippen molar-refractivity contribution in [1.82, 2.24) is 4.31 Å². The quantitative estimate of drug-likeness (QED) is 0.850. The molecule has 1 aliphatic rings. The first kappa shape index (κ1) is 15.9. The summed E-state index contributed by atoms with van der Waals surface area (Å²) in [5, 5.41) is 0. The SMILES string of the molecule is Cc1sc(Br)cc1S(=O)(=O)N(CC(N)=O)C1CCCC1. The molecule has 0 spiro atoms. The lowest BCUT2D eigenvalue weighted by molar-refractivity contribution is -0.118. The first-order valence-corrected chi connectivity index (χ1v) is 9.43. The monoisotopic (exact) mass is 380 g/mol. The van der Waals surface area contributed by atoms with Crippen molar-refractivity contribution in [2.75, 3.05) is 6.54 Å². The minimum Gasteiger partial charge on any atom is -0.369 e. The summed E-state index contributed by atoms with van der Waals surface area (Å²) in [6, 6.07) is 1.48. The molecule has 0 atom stereocenters. The second-order valence-corrected chi connectivity index (χ2v) is 9.42. The van der Waals surface area contributed by atoms with Crippen LogP contribution in [0.4, 0.5) is 0 Å². The highest BCUT2D eigenvalue weighted by Gasteiger charge is 2.35.